The van der Waals surface area contributed by atoms with Gasteiger partial charge in [-0.15, -0.1) is 11.3 Å². The fourth-order valence-electron chi connectivity index (χ4n) is 6.02. The predicted molar refractivity (Wildman–Crippen MR) is 191 cm³/mol. The second kappa shape index (κ2) is 18.8. The van der Waals surface area contributed by atoms with Crippen LogP contribution in [0.25, 0.3) is 20.5 Å². The van der Waals surface area contributed by atoms with Crippen molar-refractivity contribution in [3.05, 3.63) is 59.9 Å². The number of hydrogen-bond donors (Lipinski definition) is 5. The molecule has 1 saturated heterocycles. The molecule has 2 aliphatic rings. The van der Waals surface area contributed by atoms with Gasteiger partial charge in [-0.25, -0.2) is 19.2 Å². The van der Waals surface area contributed by atoms with E-state index in [9.17, 15) is 9.90 Å². The highest BCUT2D eigenvalue weighted by molar-refractivity contribution is 7.22. The number of ether oxygens (including phenoxy) is 2. The number of aromatic nitrogens is 1. The van der Waals surface area contributed by atoms with Gasteiger partial charge in [0.05, 0.1) is 11.6 Å². The second-order valence-electron chi connectivity index (χ2n) is 12.5. The Morgan fingerprint density at radius 2 is 1.49 bits per heavy atom. The number of rotatable bonds is 10. The van der Waals surface area contributed by atoms with Crippen molar-refractivity contribution in [3.8, 4) is 27.8 Å². The van der Waals surface area contributed by atoms with Crippen molar-refractivity contribution >= 4 is 51.1 Å². The zero-order valence-electron chi connectivity index (χ0n) is 29.1. The Labute approximate surface area is 307 Å². The molecule has 0 radical (unpaired) electrons. The normalized spacial score (nSPS) is 16.9. The van der Waals surface area contributed by atoms with Crippen LogP contribution in [-0.4, -0.2) is 123 Å². The van der Waals surface area contributed by atoms with Gasteiger partial charge in [0.15, 0.2) is 0 Å². The number of aromatic hydroxyl groups is 1. The number of aliphatic carboxylic acids is 4. The molecule has 1 aliphatic carbocycles. The van der Waals surface area contributed by atoms with Crippen molar-refractivity contribution in [2.75, 3.05) is 40.3 Å². The largest absolute Gasteiger partial charge is 0.508 e. The van der Waals surface area contributed by atoms with Crippen LogP contribution >= 0.6 is 11.3 Å². The summed E-state index contributed by atoms with van der Waals surface area (Å²) in [4.78, 5) is 55.8. The summed E-state index contributed by atoms with van der Waals surface area (Å²) in [6, 6.07) is 14.8. The summed E-state index contributed by atoms with van der Waals surface area (Å²) in [5.41, 5.74) is 1.42. The molecule has 53 heavy (non-hydrogen) atoms. The molecule has 1 saturated carbocycles. The van der Waals surface area contributed by atoms with Gasteiger partial charge >= 0.3 is 23.9 Å². The summed E-state index contributed by atoms with van der Waals surface area (Å²) in [6.45, 7) is 3.88. The van der Waals surface area contributed by atoms with Crippen molar-refractivity contribution in [2.24, 2.45) is 0 Å². The Hall–Kier alpha value is -5.52. The number of likely N-dealkylation sites (tertiary alicyclic amines) is 1. The number of ketones is 1. The first-order valence-electron chi connectivity index (χ1n) is 16.7. The Bertz CT molecular complexity index is 1850. The fourth-order valence-corrected chi connectivity index (χ4v) is 7.26. The van der Waals surface area contributed by atoms with Gasteiger partial charge < -0.3 is 44.4 Å². The van der Waals surface area contributed by atoms with Crippen molar-refractivity contribution < 1.29 is 63.5 Å². The standard InChI is InChI=1S/C32H37N3O5S.2C2H2O4/c1-34(2)25-7-3-4-8-26(25)39-29-20-27(40-33-29)31(37)30-24-14-11-22(36)19-28(24)41-32(30)21-9-12-23(13-10-21)38-18-17-35-15-5-6-16-35;2*3-1(4)2(5)6/h9-14,19-20,25-26,36H,3-8,15-18H2,1-2H3;2*(H,3,4)(H,5,6)/t25-,26-;;/m1../s1. The van der Waals surface area contributed by atoms with E-state index in [4.69, 9.17) is 53.6 Å². The number of hydrogen-bond acceptors (Lipinski definition) is 13. The Morgan fingerprint density at radius 1 is 0.868 bits per heavy atom. The molecule has 0 amide bonds. The van der Waals surface area contributed by atoms with Gasteiger partial charge in [0, 0.05) is 27.5 Å². The highest BCUT2D eigenvalue weighted by atomic mass is 32.1. The van der Waals surface area contributed by atoms with Crippen molar-refractivity contribution in [2.45, 2.75) is 50.7 Å². The van der Waals surface area contributed by atoms with Gasteiger partial charge in [-0.3, -0.25) is 9.69 Å². The molecule has 0 unspecified atom stereocenters. The van der Waals surface area contributed by atoms with Crippen LogP contribution in [0.15, 0.2) is 53.1 Å². The van der Waals surface area contributed by atoms with Crippen LogP contribution in [0.5, 0.6) is 17.4 Å². The average Bonchev–Trinajstić information content (AvgIpc) is 3.90. The lowest BCUT2D eigenvalue weighted by atomic mass is 9.92. The number of phenolic OH excluding ortho intramolecular Hbond substituents is 1. The maximum absolute atomic E-state index is 13.9. The number of nitrogens with zero attached hydrogens (tertiary/aromatic N) is 3. The molecule has 2 fully saturated rings. The molecule has 6 rings (SSSR count). The van der Waals surface area contributed by atoms with Crippen LogP contribution in [0, 0.1) is 0 Å². The van der Waals surface area contributed by atoms with E-state index in [0.717, 1.165) is 65.2 Å². The van der Waals surface area contributed by atoms with Crippen LogP contribution in [0.1, 0.15) is 54.6 Å². The number of benzene rings is 2. The second-order valence-corrected chi connectivity index (χ2v) is 13.5. The Morgan fingerprint density at radius 3 is 2.09 bits per heavy atom. The maximum atomic E-state index is 13.9. The minimum atomic E-state index is -1.82. The molecule has 16 nitrogen and oxygen atoms in total. The third kappa shape index (κ3) is 11.2. The van der Waals surface area contributed by atoms with E-state index in [1.54, 1.807) is 24.3 Å². The molecule has 5 N–H and O–H groups in total. The van der Waals surface area contributed by atoms with Crippen LogP contribution in [0.4, 0.5) is 0 Å². The van der Waals surface area contributed by atoms with E-state index >= 15 is 0 Å². The van der Waals surface area contributed by atoms with Crippen LogP contribution in [0.3, 0.4) is 0 Å². The van der Waals surface area contributed by atoms with Gasteiger partial charge in [0.1, 0.15) is 24.2 Å². The lowest BCUT2D eigenvalue weighted by molar-refractivity contribution is -0.159. The highest BCUT2D eigenvalue weighted by Crippen LogP contribution is 2.42. The van der Waals surface area contributed by atoms with Crippen molar-refractivity contribution in [3.63, 3.8) is 0 Å². The summed E-state index contributed by atoms with van der Waals surface area (Å²) >= 11 is 1.47. The van der Waals surface area contributed by atoms with E-state index in [-0.39, 0.29) is 23.4 Å². The van der Waals surface area contributed by atoms with Gasteiger partial charge in [0.25, 0.3) is 5.88 Å². The molecule has 1 aliphatic heterocycles. The molecule has 17 heteroatoms. The van der Waals surface area contributed by atoms with E-state index in [0.29, 0.717) is 24.1 Å². The smallest absolute Gasteiger partial charge is 0.414 e. The summed E-state index contributed by atoms with van der Waals surface area (Å²) in [5, 5.41) is 44.6. The summed E-state index contributed by atoms with van der Waals surface area (Å²) in [7, 11) is 4.14. The fraction of sp³-hybridized carbons (Fsp3) is 0.389. The molecule has 2 atom stereocenters. The molecule has 0 spiro atoms. The van der Waals surface area contributed by atoms with Gasteiger partial charge in [0.2, 0.25) is 11.5 Å². The number of fused-ring (bicyclic) bond motifs is 1. The van der Waals surface area contributed by atoms with Crippen LogP contribution < -0.4 is 9.47 Å². The SMILES string of the molecule is CN(C)[C@@H]1CCCC[C@H]1Oc1cc(C(=O)c2c(-c3ccc(OCCN4CCCC4)cc3)sc3cc(O)ccc23)on1.O=C(O)C(=O)O.O=C(O)C(=O)O. The number of thiophene rings is 1. The maximum Gasteiger partial charge on any atom is 0.414 e. The molecule has 2 aromatic carbocycles. The number of carbonyl (C=O) groups is 5. The van der Waals surface area contributed by atoms with E-state index in [1.165, 1.54) is 30.6 Å². The lowest BCUT2D eigenvalue weighted by Crippen LogP contribution is -2.44. The number of carboxylic acid groups (broad SMARTS) is 4. The Balaban J connectivity index is 0.000000453. The van der Waals surface area contributed by atoms with Crippen molar-refractivity contribution in [1.29, 1.82) is 0 Å². The Kier molecular flexibility index (Phi) is 14.3. The third-order valence-electron chi connectivity index (χ3n) is 8.57. The zero-order chi connectivity index (χ0) is 38.7. The summed E-state index contributed by atoms with van der Waals surface area (Å²) in [6.07, 6.45) is 6.84. The molecule has 4 aromatic rings. The number of phenols is 1. The lowest BCUT2D eigenvalue weighted by Gasteiger charge is -2.35. The molecule has 3 heterocycles. The number of carboxylic acids is 4. The summed E-state index contributed by atoms with van der Waals surface area (Å²) in [5.74, 6) is -6.14. The molecule has 0 bridgehead atoms. The first-order valence-corrected chi connectivity index (χ1v) is 17.5. The van der Waals surface area contributed by atoms with E-state index < -0.39 is 23.9 Å². The van der Waals surface area contributed by atoms with Gasteiger partial charge in [-0.2, -0.15) is 0 Å². The quantitative estimate of drug-likeness (QED) is 0.110. The first kappa shape index (κ1) is 40.3. The number of carbonyl (C=O) groups excluding carboxylic acids is 1. The van der Waals surface area contributed by atoms with Crippen molar-refractivity contribution in [1.82, 2.24) is 15.0 Å². The van der Waals surface area contributed by atoms with E-state index in [1.807, 2.05) is 24.3 Å². The molecule has 284 valence electrons. The first-order chi connectivity index (χ1) is 25.2. The minimum absolute atomic E-state index is 0.00315. The van der Waals surface area contributed by atoms with Crippen LogP contribution in [0.2, 0.25) is 0 Å². The zero-order valence-corrected chi connectivity index (χ0v) is 29.9. The number of likely N-dealkylation sites (N-methyl/N-ethyl adjacent to an activating group) is 1. The molecule has 2 aromatic heterocycles. The minimum Gasteiger partial charge on any atom is -0.508 e. The van der Waals surface area contributed by atoms with Gasteiger partial charge in [-0.1, -0.05) is 6.42 Å². The van der Waals surface area contributed by atoms with E-state index in [2.05, 4.69) is 29.1 Å². The topological polar surface area (TPSA) is 237 Å². The summed E-state index contributed by atoms with van der Waals surface area (Å²) < 4.78 is 18.6. The van der Waals surface area contributed by atoms with Gasteiger partial charge in [-0.05, 0) is 112 Å². The van der Waals surface area contributed by atoms with Crippen LogP contribution in [-0.2, 0) is 19.2 Å². The monoisotopic (exact) mass is 755 g/mol. The molecular weight excluding hydrogens is 714 g/mol. The highest BCUT2D eigenvalue weighted by Gasteiger charge is 2.30. The molecular formula is C36H41N3O13S. The predicted octanol–water partition coefficient (Wildman–Crippen LogP) is 4.53. The average molecular weight is 756 g/mol. The third-order valence-corrected chi connectivity index (χ3v) is 9.78.